The second-order valence-electron chi connectivity index (χ2n) is 8.79. The van der Waals surface area contributed by atoms with Crippen LogP contribution in [0.25, 0.3) is 0 Å². The van der Waals surface area contributed by atoms with Crippen molar-refractivity contribution in [1.29, 1.82) is 0 Å². The van der Waals surface area contributed by atoms with E-state index in [1.165, 1.54) is 55.3 Å². The third-order valence-electron chi connectivity index (χ3n) is 5.42. The second kappa shape index (κ2) is 18.7. The molecule has 0 aromatic heterocycles. The van der Waals surface area contributed by atoms with Crippen LogP contribution in [0, 0.1) is 5.92 Å². The first-order valence-corrected chi connectivity index (χ1v) is 13.3. The molecule has 0 rings (SSSR count). The van der Waals surface area contributed by atoms with E-state index in [2.05, 4.69) is 12.3 Å². The maximum Gasteiger partial charge on any atom is 0.322 e. The van der Waals surface area contributed by atoms with Crippen molar-refractivity contribution < 1.29 is 24.9 Å². The maximum absolute atomic E-state index is 11.9. The molecule has 4 N–H and O–H groups in total. The van der Waals surface area contributed by atoms with Crippen LogP contribution in [0.3, 0.4) is 0 Å². The summed E-state index contributed by atoms with van der Waals surface area (Å²) in [5.74, 6) is -1.36. The molecule has 3 atom stereocenters. The van der Waals surface area contributed by atoms with Crippen molar-refractivity contribution in [3.05, 3.63) is 0 Å². The number of carboxylic acid groups (broad SMARTS) is 2. The van der Waals surface area contributed by atoms with Crippen LogP contribution < -0.4 is 5.43 Å². The number of nitrogens with zero attached hydrogens (tertiary/aromatic N) is 1. The van der Waals surface area contributed by atoms with Gasteiger partial charge in [0, 0.05) is 0 Å². The molecule has 0 aliphatic carbocycles. The van der Waals surface area contributed by atoms with Gasteiger partial charge in [-0.15, -0.1) is 0 Å². The van der Waals surface area contributed by atoms with Gasteiger partial charge in [0.05, 0.1) is 0 Å². The van der Waals surface area contributed by atoms with Gasteiger partial charge in [-0.2, -0.15) is 11.8 Å². The highest BCUT2D eigenvalue weighted by Gasteiger charge is 2.34. The molecule has 0 aliphatic heterocycles. The number of hydrazine groups is 1. The molecule has 8 heteroatoms. The summed E-state index contributed by atoms with van der Waals surface area (Å²) in [6, 6.07) is -1.91. The van der Waals surface area contributed by atoms with Gasteiger partial charge in [-0.05, 0) is 43.6 Å². The quantitative estimate of drug-likeness (QED) is 0.110. The van der Waals surface area contributed by atoms with Crippen LogP contribution in [0.2, 0.25) is 0 Å². The Morgan fingerprint density at radius 2 is 1.45 bits per heavy atom. The van der Waals surface area contributed by atoms with Crippen LogP contribution in [0.1, 0.15) is 97.8 Å². The van der Waals surface area contributed by atoms with Crippen molar-refractivity contribution in [3.8, 4) is 0 Å². The van der Waals surface area contributed by atoms with Crippen molar-refractivity contribution in [1.82, 2.24) is 10.4 Å². The normalized spacial score (nSPS) is 14.7. The summed E-state index contributed by atoms with van der Waals surface area (Å²) in [5.41, 5.74) is 2.85. The monoisotopic (exact) mass is 462 g/mol. The molecule has 1 unspecified atom stereocenters. The molecule has 7 nitrogen and oxygen atoms in total. The molecule has 0 fully saturated rings. The Kier molecular flexibility index (Phi) is 18.2. The molecule has 0 saturated carbocycles. The lowest BCUT2D eigenvalue weighted by molar-refractivity contribution is -0.160. The van der Waals surface area contributed by atoms with Gasteiger partial charge in [0.2, 0.25) is 0 Å². The SMILES string of the molecule is CCCCCCCCCCCC(O)N(N[C@@H](CCSC)C(=O)O)[C@@H](CC(C)C)C(=O)O. The molecule has 0 bridgehead atoms. The number of nitrogens with one attached hydrogen (secondary N) is 1. The van der Waals surface area contributed by atoms with Crippen LogP contribution in [-0.2, 0) is 9.59 Å². The summed E-state index contributed by atoms with van der Waals surface area (Å²) >= 11 is 1.53. The number of carbonyl (C=O) groups is 2. The molecule has 0 amide bonds. The first kappa shape index (κ1) is 30.2. The van der Waals surface area contributed by atoms with Gasteiger partial charge in [-0.3, -0.25) is 9.59 Å². The van der Waals surface area contributed by atoms with Crippen LogP contribution in [-0.4, -0.2) is 62.6 Å². The van der Waals surface area contributed by atoms with Gasteiger partial charge in [-0.25, -0.2) is 10.4 Å². The Balaban J connectivity index is 4.86. The standard InChI is InChI=1S/C23H46N2O5S/c1-5-6-7-8-9-10-11-12-13-14-21(26)25(20(23(29)30)17-18(2)3)24-19(22(27)28)15-16-31-4/h18-21,24,26H,5-17H2,1-4H3,(H,27,28)(H,29,30)/t19-,20-,21?/m0/s1. The zero-order valence-corrected chi connectivity index (χ0v) is 20.8. The van der Waals surface area contributed by atoms with Crippen molar-refractivity contribution in [2.24, 2.45) is 5.92 Å². The van der Waals surface area contributed by atoms with Crippen LogP contribution in [0.4, 0.5) is 0 Å². The first-order chi connectivity index (χ1) is 14.7. The Morgan fingerprint density at radius 3 is 1.90 bits per heavy atom. The minimum Gasteiger partial charge on any atom is -0.480 e. The van der Waals surface area contributed by atoms with Crippen molar-refractivity contribution in [2.45, 2.75) is 116 Å². The smallest absolute Gasteiger partial charge is 0.322 e. The third-order valence-corrected chi connectivity index (χ3v) is 6.06. The predicted octanol–water partition coefficient (Wildman–Crippen LogP) is 4.74. The zero-order chi connectivity index (χ0) is 23.6. The number of hydrogen-bond acceptors (Lipinski definition) is 6. The lowest BCUT2D eigenvalue weighted by atomic mass is 10.0. The van der Waals surface area contributed by atoms with E-state index in [9.17, 15) is 24.9 Å². The Bertz CT molecular complexity index is 479. The average molecular weight is 463 g/mol. The number of aliphatic hydroxyl groups excluding tert-OH is 1. The molecule has 0 heterocycles. The summed E-state index contributed by atoms with van der Waals surface area (Å²) in [4.78, 5) is 23.6. The van der Waals surface area contributed by atoms with Gasteiger partial charge in [-0.1, -0.05) is 72.1 Å². The predicted molar refractivity (Wildman–Crippen MR) is 128 cm³/mol. The summed E-state index contributed by atoms with van der Waals surface area (Å²) in [6.07, 6.45) is 12.4. The number of aliphatic carboxylic acids is 2. The fraction of sp³-hybridized carbons (Fsp3) is 0.913. The zero-order valence-electron chi connectivity index (χ0n) is 20.0. The Morgan fingerprint density at radius 1 is 0.903 bits per heavy atom. The van der Waals surface area contributed by atoms with Crippen LogP contribution in [0.15, 0.2) is 0 Å². The van der Waals surface area contributed by atoms with Crippen molar-refractivity contribution >= 4 is 23.7 Å². The molecule has 0 spiro atoms. The fourth-order valence-corrected chi connectivity index (χ4v) is 4.07. The number of unbranched alkanes of at least 4 members (excludes halogenated alkanes) is 8. The van der Waals surface area contributed by atoms with E-state index in [1.54, 1.807) is 0 Å². The van der Waals surface area contributed by atoms with Crippen molar-refractivity contribution in [3.63, 3.8) is 0 Å². The lowest BCUT2D eigenvalue weighted by Crippen LogP contribution is -2.59. The van der Waals surface area contributed by atoms with Gasteiger partial charge in [0.25, 0.3) is 0 Å². The molecular formula is C23H46N2O5S. The van der Waals surface area contributed by atoms with Crippen molar-refractivity contribution in [2.75, 3.05) is 12.0 Å². The number of aliphatic hydroxyl groups is 1. The van der Waals surface area contributed by atoms with Gasteiger partial charge in [0.1, 0.15) is 18.3 Å². The number of rotatable bonds is 21. The topological polar surface area (TPSA) is 110 Å². The number of carboxylic acids is 2. The molecule has 0 aliphatic rings. The van der Waals surface area contributed by atoms with E-state index in [0.29, 0.717) is 25.0 Å². The van der Waals surface area contributed by atoms with E-state index >= 15 is 0 Å². The highest BCUT2D eigenvalue weighted by Crippen LogP contribution is 2.18. The highest BCUT2D eigenvalue weighted by molar-refractivity contribution is 7.98. The molecular weight excluding hydrogens is 416 g/mol. The summed E-state index contributed by atoms with van der Waals surface area (Å²) in [7, 11) is 0. The van der Waals surface area contributed by atoms with Crippen LogP contribution in [0.5, 0.6) is 0 Å². The third kappa shape index (κ3) is 14.8. The first-order valence-electron chi connectivity index (χ1n) is 11.9. The number of thioether (sulfide) groups is 1. The number of hydrogen-bond donors (Lipinski definition) is 4. The van der Waals surface area contributed by atoms with Crippen LogP contribution >= 0.6 is 11.8 Å². The largest absolute Gasteiger partial charge is 0.480 e. The van der Waals surface area contributed by atoms with E-state index in [4.69, 9.17) is 0 Å². The van der Waals surface area contributed by atoms with Gasteiger partial charge >= 0.3 is 11.9 Å². The molecule has 0 aromatic rings. The Labute approximate surface area is 193 Å². The fourth-order valence-electron chi connectivity index (χ4n) is 3.60. The summed E-state index contributed by atoms with van der Waals surface area (Å²) in [6.45, 7) is 6.05. The lowest BCUT2D eigenvalue weighted by Gasteiger charge is -2.36. The molecule has 0 radical (unpaired) electrons. The minimum absolute atomic E-state index is 0.0970. The second-order valence-corrected chi connectivity index (χ2v) is 9.78. The minimum atomic E-state index is -1.05. The van der Waals surface area contributed by atoms with E-state index in [-0.39, 0.29) is 5.92 Å². The maximum atomic E-state index is 11.9. The summed E-state index contributed by atoms with van der Waals surface area (Å²) < 4.78 is 0. The summed E-state index contributed by atoms with van der Waals surface area (Å²) in [5, 5.41) is 31.4. The van der Waals surface area contributed by atoms with Gasteiger partial charge < -0.3 is 15.3 Å². The van der Waals surface area contributed by atoms with E-state index in [0.717, 1.165) is 19.3 Å². The van der Waals surface area contributed by atoms with Gasteiger partial charge in [0.15, 0.2) is 0 Å². The molecule has 0 aromatic carbocycles. The van der Waals surface area contributed by atoms with E-state index in [1.807, 2.05) is 20.1 Å². The molecule has 0 saturated heterocycles. The Hall–Kier alpha value is -0.830. The highest BCUT2D eigenvalue weighted by atomic mass is 32.2. The molecule has 31 heavy (non-hydrogen) atoms. The average Bonchev–Trinajstić information content (AvgIpc) is 2.70. The van der Waals surface area contributed by atoms with E-state index < -0.39 is 30.3 Å². The molecule has 184 valence electrons.